The van der Waals surface area contributed by atoms with Crippen molar-refractivity contribution in [2.75, 3.05) is 0 Å². The summed E-state index contributed by atoms with van der Waals surface area (Å²) in [4.78, 5) is 18.9. The maximum atomic E-state index is 9.43. The number of rotatable bonds is 3. The maximum Gasteiger partial charge on any atom is 2.00 e. The third kappa shape index (κ3) is 91.1. The van der Waals surface area contributed by atoms with E-state index in [0.29, 0.717) is 0 Å². The van der Waals surface area contributed by atoms with Gasteiger partial charge in [0.25, 0.3) is 0 Å². The van der Waals surface area contributed by atoms with Gasteiger partial charge in [-0.3, -0.25) is 9.59 Å². The van der Waals surface area contributed by atoms with Crippen molar-refractivity contribution in [3.05, 3.63) is 5.92 Å². The van der Waals surface area contributed by atoms with Crippen LogP contribution in [0.5, 0.6) is 0 Å². The molecule has 0 aromatic carbocycles. The van der Waals surface area contributed by atoms with E-state index in [2.05, 4.69) is 20.8 Å². The number of aliphatic carboxylic acids is 2. The summed E-state index contributed by atoms with van der Waals surface area (Å²) in [6.07, 6.45) is -0.0602. The molecule has 0 fully saturated rings. The zero-order valence-corrected chi connectivity index (χ0v) is 12.8. The smallest absolute Gasteiger partial charge is 0.481 e. The van der Waals surface area contributed by atoms with Crippen LogP contribution in [0.15, 0.2) is 0 Å². The zero-order chi connectivity index (χ0) is 13.7. The fraction of sp³-hybridized carbons (Fsp3) is 0.727. The molecular weight excluding hydrogens is 236 g/mol. The number of hydrogen-bond acceptors (Lipinski definition) is 3. The van der Waals surface area contributed by atoms with Gasteiger partial charge in [-0.25, -0.2) is 0 Å². The molecule has 0 spiro atoms. The number of carbonyl (C=O) groups is 2. The van der Waals surface area contributed by atoms with Gasteiger partial charge in [0.2, 0.25) is 0 Å². The molecule has 0 aromatic rings. The predicted molar refractivity (Wildman–Crippen MR) is 67.9 cm³/mol. The monoisotopic (exact) mass is 259 g/mol. The molecule has 0 radical (unpaired) electrons. The molecule has 0 saturated heterocycles. The molecule has 0 rings (SSSR count). The second-order valence-electron chi connectivity index (χ2n) is 3.72. The van der Waals surface area contributed by atoms with Crippen LogP contribution in [0, 0.1) is 5.92 Å². The predicted octanol–water partition coefficient (Wildman–Crippen LogP) is 1.56. The number of carboxylic acid groups (broad SMARTS) is 2. The Morgan fingerprint density at radius 2 is 1.29 bits per heavy atom. The van der Waals surface area contributed by atoms with E-state index in [-0.39, 0.29) is 29.2 Å². The summed E-state index contributed by atoms with van der Waals surface area (Å²) in [6.45, 7) is 9.98. The van der Waals surface area contributed by atoms with Crippen LogP contribution in [-0.4, -0.2) is 56.4 Å². The first-order valence-electron chi connectivity index (χ1n) is 5.01. The van der Waals surface area contributed by atoms with Gasteiger partial charge in [0.15, 0.2) is 0 Å². The number of aliphatic hydroxyl groups is 1. The normalized spacial score (nSPS) is 9.82. The van der Waals surface area contributed by atoms with E-state index in [9.17, 15) is 9.59 Å². The topological polar surface area (TPSA) is 94.8 Å². The largest absolute Gasteiger partial charge is 2.00 e. The SMILES string of the molecule is CCC(C)O.C[C-](C)C.O=C(O)CC(=O)O.[Mg+2]. The molecule has 0 saturated carbocycles. The van der Waals surface area contributed by atoms with Gasteiger partial charge in [-0.2, -0.15) is 20.8 Å². The van der Waals surface area contributed by atoms with Crippen LogP contribution in [0.1, 0.15) is 47.5 Å². The Labute approximate surface area is 119 Å². The van der Waals surface area contributed by atoms with E-state index < -0.39 is 18.4 Å². The molecule has 0 bridgehead atoms. The Morgan fingerprint density at radius 1 is 1.12 bits per heavy atom. The van der Waals surface area contributed by atoms with Gasteiger partial charge in [-0.1, -0.05) is 6.92 Å². The number of carboxylic acids is 2. The molecule has 98 valence electrons. The van der Waals surface area contributed by atoms with Crippen LogP contribution in [0.25, 0.3) is 0 Å². The second-order valence-corrected chi connectivity index (χ2v) is 3.72. The first kappa shape index (κ1) is 25.5. The second kappa shape index (κ2) is 18.0. The van der Waals surface area contributed by atoms with Crippen molar-refractivity contribution in [3.8, 4) is 0 Å². The summed E-state index contributed by atoms with van der Waals surface area (Å²) in [5.74, 6) is -1.21. The van der Waals surface area contributed by atoms with Gasteiger partial charge >= 0.3 is 35.0 Å². The van der Waals surface area contributed by atoms with Gasteiger partial charge in [-0.15, -0.1) is 0 Å². The first-order chi connectivity index (χ1) is 7.13. The summed E-state index contributed by atoms with van der Waals surface area (Å²) in [5.41, 5.74) is 0. The Balaban J connectivity index is -0.0000000757. The minimum atomic E-state index is -1.31. The molecule has 5 nitrogen and oxygen atoms in total. The van der Waals surface area contributed by atoms with Crippen LogP contribution in [0.3, 0.4) is 0 Å². The Hall–Kier alpha value is -0.334. The van der Waals surface area contributed by atoms with Crippen molar-refractivity contribution in [2.24, 2.45) is 0 Å². The van der Waals surface area contributed by atoms with E-state index in [1.807, 2.05) is 6.92 Å². The molecule has 0 aliphatic carbocycles. The van der Waals surface area contributed by atoms with Crippen LogP contribution in [0.2, 0.25) is 0 Å². The van der Waals surface area contributed by atoms with E-state index in [0.717, 1.165) is 6.42 Å². The van der Waals surface area contributed by atoms with Gasteiger partial charge < -0.3 is 21.2 Å². The molecule has 1 unspecified atom stereocenters. The molecule has 0 aliphatic rings. The first-order valence-corrected chi connectivity index (χ1v) is 5.01. The number of hydrogen-bond donors (Lipinski definition) is 3. The molecule has 0 aliphatic heterocycles. The van der Waals surface area contributed by atoms with E-state index in [1.165, 1.54) is 5.92 Å². The summed E-state index contributed by atoms with van der Waals surface area (Å²) >= 11 is 0. The Bertz CT molecular complexity index is 166. The van der Waals surface area contributed by atoms with Gasteiger partial charge in [-0.05, 0) is 13.3 Å². The van der Waals surface area contributed by atoms with Gasteiger partial charge in [0.05, 0.1) is 6.10 Å². The maximum absolute atomic E-state index is 9.43. The molecule has 0 heterocycles. The fourth-order valence-corrected chi connectivity index (χ4v) is 0.129. The average molecular weight is 260 g/mol. The Morgan fingerprint density at radius 3 is 1.29 bits per heavy atom. The van der Waals surface area contributed by atoms with E-state index in [1.54, 1.807) is 6.92 Å². The Kier molecular flexibility index (Phi) is 27.1. The average Bonchev–Trinajstić information content (AvgIpc) is 2.01. The molecule has 0 amide bonds. The van der Waals surface area contributed by atoms with Crippen LogP contribution in [-0.2, 0) is 9.59 Å². The van der Waals surface area contributed by atoms with Crippen LogP contribution in [0.4, 0.5) is 0 Å². The summed E-state index contributed by atoms with van der Waals surface area (Å²) in [6, 6.07) is 0. The van der Waals surface area contributed by atoms with Crippen molar-refractivity contribution >= 4 is 35.0 Å². The third-order valence-corrected chi connectivity index (χ3v) is 0.893. The quantitative estimate of drug-likeness (QED) is 0.406. The zero-order valence-electron chi connectivity index (χ0n) is 11.4. The van der Waals surface area contributed by atoms with Crippen molar-refractivity contribution in [3.63, 3.8) is 0 Å². The van der Waals surface area contributed by atoms with Gasteiger partial charge in [0, 0.05) is 0 Å². The van der Waals surface area contributed by atoms with Crippen LogP contribution >= 0.6 is 0 Å². The standard InChI is InChI=1S/C4H10O.C4H9.C3H4O4.Mg/c1-3-4(2)5;1-4(2)3;4-2(5)1-3(6)7;/h4-5H,3H2,1-2H3;1-3H3;1H2,(H,4,5)(H,6,7);/q;-1;;+2. The third-order valence-electron chi connectivity index (χ3n) is 0.893. The van der Waals surface area contributed by atoms with Crippen molar-refractivity contribution < 1.29 is 24.9 Å². The minimum absolute atomic E-state index is 0. The fourth-order valence-electron chi connectivity index (χ4n) is 0.129. The molecule has 6 heteroatoms. The summed E-state index contributed by atoms with van der Waals surface area (Å²) < 4.78 is 0. The van der Waals surface area contributed by atoms with E-state index >= 15 is 0 Å². The summed E-state index contributed by atoms with van der Waals surface area (Å²) in [5, 5.41) is 23.8. The molecule has 1 atom stereocenters. The van der Waals surface area contributed by atoms with Crippen molar-refractivity contribution in [2.45, 2.75) is 53.6 Å². The van der Waals surface area contributed by atoms with Crippen molar-refractivity contribution in [1.82, 2.24) is 0 Å². The molecule has 0 aromatic heterocycles. The molecule has 17 heavy (non-hydrogen) atoms. The van der Waals surface area contributed by atoms with Crippen molar-refractivity contribution in [1.29, 1.82) is 0 Å². The minimum Gasteiger partial charge on any atom is -0.481 e. The molecular formula is C11H23MgO5+. The van der Waals surface area contributed by atoms with E-state index in [4.69, 9.17) is 15.3 Å². The van der Waals surface area contributed by atoms with Gasteiger partial charge in [0.1, 0.15) is 6.42 Å². The number of aliphatic hydroxyl groups excluding tert-OH is 1. The van der Waals surface area contributed by atoms with Crippen LogP contribution < -0.4 is 0 Å². The molecule has 3 N–H and O–H groups in total. The summed E-state index contributed by atoms with van der Waals surface area (Å²) in [7, 11) is 0.